The van der Waals surface area contributed by atoms with E-state index in [0.29, 0.717) is 12.3 Å². The fourth-order valence-electron chi connectivity index (χ4n) is 7.85. The monoisotopic (exact) mass is 493 g/mol. The first-order valence-electron chi connectivity index (χ1n) is 14.0. The summed E-state index contributed by atoms with van der Waals surface area (Å²) < 4.78 is 0. The molecule has 4 nitrogen and oxygen atoms in total. The molecule has 1 atom stereocenters. The predicted molar refractivity (Wildman–Crippen MR) is 152 cm³/mol. The zero-order valence-corrected chi connectivity index (χ0v) is 22.2. The number of hydrogen-bond donors (Lipinski definition) is 2. The van der Waals surface area contributed by atoms with Crippen molar-refractivity contribution in [2.45, 2.75) is 70.3 Å². The fourth-order valence-corrected chi connectivity index (χ4v) is 7.85. The number of phenols is 1. The number of aromatic hydroxyl groups is 1. The zero-order chi connectivity index (χ0) is 25.4. The van der Waals surface area contributed by atoms with Crippen LogP contribution in [0.1, 0.15) is 66.3 Å². The molecule has 2 aromatic carbocycles. The standard InChI is InChI=1S/C33H39N3O/c1-22-8-9-34-31(12-22)36-21-29(16-24-6-4-3-5-7-24)35-20-28-10-23(2)11-30(32(28)37)33-17-25-13-26(18-33)15-27(14-25)19-33/h3-12,20,25-27,29,37H,13-19,21H2,1-2H3,(H,34,36). The number of phenolic OH excluding ortho intramolecular Hbond substituents is 1. The summed E-state index contributed by atoms with van der Waals surface area (Å²) in [5.74, 6) is 3.87. The van der Waals surface area contributed by atoms with Gasteiger partial charge < -0.3 is 10.4 Å². The summed E-state index contributed by atoms with van der Waals surface area (Å²) in [5, 5.41) is 15.1. The highest BCUT2D eigenvalue weighted by molar-refractivity contribution is 5.85. The summed E-state index contributed by atoms with van der Waals surface area (Å²) in [5.41, 5.74) is 5.86. The molecular formula is C33H39N3O. The van der Waals surface area contributed by atoms with Crippen molar-refractivity contribution in [1.82, 2.24) is 4.98 Å². The highest BCUT2D eigenvalue weighted by Crippen LogP contribution is 2.62. The molecule has 0 amide bonds. The lowest BCUT2D eigenvalue weighted by molar-refractivity contribution is -0.00616. The van der Waals surface area contributed by atoms with Crippen molar-refractivity contribution in [1.29, 1.82) is 0 Å². The summed E-state index contributed by atoms with van der Waals surface area (Å²) in [6.07, 6.45) is 12.5. The molecule has 4 heteroatoms. The minimum Gasteiger partial charge on any atom is -0.507 e. The molecule has 0 saturated heterocycles. The number of anilines is 1. The highest BCUT2D eigenvalue weighted by Gasteiger charge is 2.52. The summed E-state index contributed by atoms with van der Waals surface area (Å²) in [6, 6.07) is 19.0. The van der Waals surface area contributed by atoms with Crippen LogP contribution < -0.4 is 5.32 Å². The number of nitrogens with zero attached hydrogens (tertiary/aromatic N) is 2. The van der Waals surface area contributed by atoms with Crippen molar-refractivity contribution in [3.8, 4) is 5.75 Å². The average Bonchev–Trinajstić information content (AvgIpc) is 2.87. The maximum Gasteiger partial charge on any atom is 0.128 e. The topological polar surface area (TPSA) is 57.5 Å². The Morgan fingerprint density at radius 3 is 2.35 bits per heavy atom. The van der Waals surface area contributed by atoms with Gasteiger partial charge in [0.15, 0.2) is 0 Å². The summed E-state index contributed by atoms with van der Waals surface area (Å²) in [6.45, 7) is 4.91. The number of aryl methyl sites for hydroxylation is 2. The van der Waals surface area contributed by atoms with Gasteiger partial charge in [-0.05, 0) is 117 Å². The number of hydrogen-bond acceptors (Lipinski definition) is 4. The van der Waals surface area contributed by atoms with Crippen LogP contribution in [0.3, 0.4) is 0 Å². The number of rotatable bonds is 8. The van der Waals surface area contributed by atoms with Crippen LogP contribution in [0.25, 0.3) is 0 Å². The molecule has 4 aliphatic rings. The Kier molecular flexibility index (Phi) is 6.52. The van der Waals surface area contributed by atoms with Crippen LogP contribution in [0.2, 0.25) is 0 Å². The van der Waals surface area contributed by atoms with Crippen molar-refractivity contribution in [2.75, 3.05) is 11.9 Å². The third kappa shape index (κ3) is 5.16. The van der Waals surface area contributed by atoms with Crippen LogP contribution in [0, 0.1) is 31.6 Å². The second-order valence-electron chi connectivity index (χ2n) is 12.2. The maximum atomic E-state index is 11.6. The quantitative estimate of drug-likeness (QED) is 0.332. The highest BCUT2D eigenvalue weighted by atomic mass is 16.3. The van der Waals surface area contributed by atoms with Crippen molar-refractivity contribution in [2.24, 2.45) is 22.7 Å². The molecule has 0 spiro atoms. The molecule has 0 radical (unpaired) electrons. The Bertz CT molecular complexity index is 1250. The van der Waals surface area contributed by atoms with Crippen LogP contribution in [0.4, 0.5) is 5.82 Å². The van der Waals surface area contributed by atoms with Crippen LogP contribution in [0.15, 0.2) is 65.8 Å². The molecular weight excluding hydrogens is 454 g/mol. The van der Waals surface area contributed by atoms with Crippen LogP contribution >= 0.6 is 0 Å². The lowest BCUT2D eigenvalue weighted by atomic mass is 9.48. The molecule has 3 aromatic rings. The molecule has 4 bridgehead atoms. The minimum atomic E-state index is 0.0209. The van der Waals surface area contributed by atoms with E-state index in [9.17, 15) is 5.11 Å². The van der Waals surface area contributed by atoms with Crippen molar-refractivity contribution < 1.29 is 5.11 Å². The van der Waals surface area contributed by atoms with Gasteiger partial charge in [0.2, 0.25) is 0 Å². The van der Waals surface area contributed by atoms with Crippen molar-refractivity contribution >= 4 is 12.0 Å². The molecule has 192 valence electrons. The van der Waals surface area contributed by atoms with Crippen LogP contribution in [-0.4, -0.2) is 28.9 Å². The Morgan fingerprint density at radius 1 is 0.973 bits per heavy atom. The molecule has 1 aromatic heterocycles. The van der Waals surface area contributed by atoms with E-state index in [1.807, 2.05) is 24.5 Å². The Balaban J connectivity index is 1.27. The van der Waals surface area contributed by atoms with Gasteiger partial charge >= 0.3 is 0 Å². The van der Waals surface area contributed by atoms with E-state index in [4.69, 9.17) is 4.99 Å². The molecule has 0 aliphatic heterocycles. The van der Waals surface area contributed by atoms with Gasteiger partial charge in [0.25, 0.3) is 0 Å². The average molecular weight is 494 g/mol. The van der Waals surface area contributed by atoms with E-state index in [1.54, 1.807) is 0 Å². The maximum absolute atomic E-state index is 11.6. The third-order valence-corrected chi connectivity index (χ3v) is 9.07. The largest absolute Gasteiger partial charge is 0.507 e. The molecule has 1 unspecified atom stereocenters. The lowest BCUT2D eigenvalue weighted by Crippen LogP contribution is -2.48. The molecule has 4 aliphatic carbocycles. The first-order valence-corrected chi connectivity index (χ1v) is 14.0. The van der Waals surface area contributed by atoms with Gasteiger partial charge in [-0.1, -0.05) is 36.4 Å². The van der Waals surface area contributed by atoms with Gasteiger partial charge in [0.05, 0.1) is 6.04 Å². The molecule has 4 saturated carbocycles. The molecule has 7 rings (SSSR count). The smallest absolute Gasteiger partial charge is 0.128 e. The van der Waals surface area contributed by atoms with Gasteiger partial charge in [0, 0.05) is 30.1 Å². The van der Waals surface area contributed by atoms with E-state index in [2.05, 4.69) is 66.6 Å². The van der Waals surface area contributed by atoms with E-state index in [1.165, 1.54) is 60.8 Å². The minimum absolute atomic E-state index is 0.0209. The number of aromatic nitrogens is 1. The number of benzene rings is 2. The SMILES string of the molecule is Cc1ccnc(NCC(Cc2ccccc2)N=Cc2cc(C)cc(C34CC5CC(CC(C5)C3)C4)c2O)c1. The second kappa shape index (κ2) is 9.96. The summed E-state index contributed by atoms with van der Waals surface area (Å²) >= 11 is 0. The number of aliphatic imine (C=N–C) groups is 1. The molecule has 4 fully saturated rings. The number of nitrogens with one attached hydrogen (secondary N) is 1. The number of pyridine rings is 1. The summed E-state index contributed by atoms with van der Waals surface area (Å²) in [4.78, 5) is 9.50. The third-order valence-electron chi connectivity index (χ3n) is 9.07. The zero-order valence-electron chi connectivity index (χ0n) is 22.2. The second-order valence-corrected chi connectivity index (χ2v) is 12.2. The molecule has 2 N–H and O–H groups in total. The fraction of sp³-hybridized carbons (Fsp3) is 0.455. The normalized spacial score (nSPS) is 27.0. The van der Waals surface area contributed by atoms with Crippen LogP contribution in [-0.2, 0) is 11.8 Å². The van der Waals surface area contributed by atoms with Crippen molar-refractivity contribution in [3.05, 3.63) is 88.6 Å². The van der Waals surface area contributed by atoms with Gasteiger partial charge in [-0.25, -0.2) is 4.98 Å². The molecule has 37 heavy (non-hydrogen) atoms. The van der Waals surface area contributed by atoms with Gasteiger partial charge in [-0.3, -0.25) is 4.99 Å². The first kappa shape index (κ1) is 24.2. The lowest BCUT2D eigenvalue weighted by Gasteiger charge is -2.57. The van der Waals surface area contributed by atoms with E-state index >= 15 is 0 Å². The van der Waals surface area contributed by atoms with E-state index < -0.39 is 0 Å². The Morgan fingerprint density at radius 2 is 1.68 bits per heavy atom. The molecule has 1 heterocycles. The van der Waals surface area contributed by atoms with Crippen molar-refractivity contribution in [3.63, 3.8) is 0 Å². The van der Waals surface area contributed by atoms with Crippen LogP contribution in [0.5, 0.6) is 5.75 Å². The predicted octanol–water partition coefficient (Wildman–Crippen LogP) is 7.01. The Hall–Kier alpha value is -3.14. The van der Waals surface area contributed by atoms with E-state index in [0.717, 1.165) is 35.6 Å². The Labute approximate surface area is 221 Å². The summed E-state index contributed by atoms with van der Waals surface area (Å²) in [7, 11) is 0. The van der Waals surface area contributed by atoms with Gasteiger partial charge in [0.1, 0.15) is 11.6 Å². The first-order chi connectivity index (χ1) is 18.0. The van der Waals surface area contributed by atoms with E-state index in [-0.39, 0.29) is 11.5 Å². The van der Waals surface area contributed by atoms with Gasteiger partial charge in [-0.15, -0.1) is 0 Å². The van der Waals surface area contributed by atoms with Gasteiger partial charge in [-0.2, -0.15) is 0 Å².